The summed E-state index contributed by atoms with van der Waals surface area (Å²) in [5.74, 6) is 2.36. The molecule has 4 nitrogen and oxygen atoms in total. The number of hydrogen-bond acceptors (Lipinski definition) is 2. The van der Waals surface area contributed by atoms with Crippen LogP contribution >= 0.6 is 0 Å². The summed E-state index contributed by atoms with van der Waals surface area (Å²) in [7, 11) is 4.18. The molecule has 0 aromatic carbocycles. The molecule has 2 heterocycles. The molecule has 0 radical (unpaired) electrons. The van der Waals surface area contributed by atoms with E-state index >= 15 is 0 Å². The monoisotopic (exact) mass is 298 g/mol. The van der Waals surface area contributed by atoms with Crippen LogP contribution in [0.4, 0.5) is 11.6 Å². The fourth-order valence-corrected chi connectivity index (χ4v) is 3.20. The average molecular weight is 298 g/mol. The zero-order chi connectivity index (χ0) is 15.4. The van der Waals surface area contributed by atoms with Crippen LogP contribution in [0, 0.1) is 0 Å². The maximum Gasteiger partial charge on any atom is 0.274 e. The third-order valence-corrected chi connectivity index (χ3v) is 4.54. The molecule has 0 amide bonds. The van der Waals surface area contributed by atoms with Gasteiger partial charge in [0, 0.05) is 12.1 Å². The zero-order valence-corrected chi connectivity index (χ0v) is 13.5. The standard InChI is InChI=1S/C18H24N4/c1-21-13-7-5-11-17(21)19-15-9-3-4-10-16(15)20-18-12-6-8-14-22(18)2/h5-8,11-16H,3-4,9-10H2,1-2H3/p+2/t15-,16-/m1/s1. The Morgan fingerprint density at radius 1 is 0.773 bits per heavy atom. The highest BCUT2D eigenvalue weighted by atomic mass is 15.2. The molecule has 1 aliphatic carbocycles. The van der Waals surface area contributed by atoms with Crippen LogP contribution in [0.3, 0.4) is 0 Å². The van der Waals surface area contributed by atoms with Crippen LogP contribution in [0.25, 0.3) is 0 Å². The normalized spacial score (nSPS) is 21.4. The van der Waals surface area contributed by atoms with Gasteiger partial charge in [-0.1, -0.05) is 12.1 Å². The summed E-state index contributed by atoms with van der Waals surface area (Å²) in [5, 5.41) is 7.46. The summed E-state index contributed by atoms with van der Waals surface area (Å²) in [5.41, 5.74) is 0. The van der Waals surface area contributed by atoms with Gasteiger partial charge in [0.15, 0.2) is 0 Å². The Hall–Kier alpha value is -2.10. The molecule has 3 rings (SSSR count). The summed E-state index contributed by atoms with van der Waals surface area (Å²) in [6, 6.07) is 13.5. The summed E-state index contributed by atoms with van der Waals surface area (Å²) in [6.07, 6.45) is 9.20. The maximum absolute atomic E-state index is 3.73. The topological polar surface area (TPSA) is 31.8 Å². The molecule has 116 valence electrons. The molecule has 0 bridgehead atoms. The second-order valence-electron chi connectivity index (χ2n) is 6.18. The van der Waals surface area contributed by atoms with E-state index in [1.54, 1.807) is 0 Å². The van der Waals surface area contributed by atoms with Crippen molar-refractivity contribution >= 4 is 11.6 Å². The lowest BCUT2D eigenvalue weighted by atomic mass is 9.90. The lowest BCUT2D eigenvalue weighted by Crippen LogP contribution is -2.47. The van der Waals surface area contributed by atoms with Crippen molar-refractivity contribution < 1.29 is 9.13 Å². The minimum absolute atomic E-state index is 0.461. The molecule has 2 aromatic rings. The van der Waals surface area contributed by atoms with Gasteiger partial charge in [-0.3, -0.25) is 10.6 Å². The molecular weight excluding hydrogens is 272 g/mol. The number of anilines is 2. The largest absolute Gasteiger partial charge is 0.274 e. The van der Waals surface area contributed by atoms with E-state index in [0.717, 1.165) is 0 Å². The Balaban J connectivity index is 1.74. The number of rotatable bonds is 4. The first-order valence-corrected chi connectivity index (χ1v) is 8.16. The number of pyridine rings is 2. The number of aryl methyl sites for hydroxylation is 2. The van der Waals surface area contributed by atoms with Crippen molar-refractivity contribution in [2.75, 3.05) is 10.6 Å². The molecule has 0 spiro atoms. The Labute approximate surface area is 132 Å². The smallest absolute Gasteiger partial charge is 0.267 e. The van der Waals surface area contributed by atoms with E-state index in [4.69, 9.17) is 0 Å². The summed E-state index contributed by atoms with van der Waals surface area (Å²) in [6.45, 7) is 0. The van der Waals surface area contributed by atoms with Crippen molar-refractivity contribution in [2.24, 2.45) is 14.1 Å². The van der Waals surface area contributed by atoms with E-state index in [1.165, 1.54) is 37.3 Å². The van der Waals surface area contributed by atoms with Crippen LogP contribution in [0.2, 0.25) is 0 Å². The minimum atomic E-state index is 0.461. The third kappa shape index (κ3) is 3.38. The Morgan fingerprint density at radius 3 is 1.64 bits per heavy atom. The minimum Gasteiger partial charge on any atom is -0.267 e. The molecule has 1 fully saturated rings. The van der Waals surface area contributed by atoms with E-state index < -0.39 is 0 Å². The van der Waals surface area contributed by atoms with Gasteiger partial charge in [-0.15, -0.1) is 0 Å². The van der Waals surface area contributed by atoms with Gasteiger partial charge in [0.05, 0.1) is 26.5 Å². The molecule has 1 aliphatic rings. The Kier molecular flexibility index (Phi) is 4.56. The van der Waals surface area contributed by atoms with E-state index in [2.05, 4.69) is 82.7 Å². The van der Waals surface area contributed by atoms with Crippen LogP contribution in [-0.2, 0) is 14.1 Å². The van der Waals surface area contributed by atoms with Crippen LogP contribution < -0.4 is 19.8 Å². The van der Waals surface area contributed by atoms with Gasteiger partial charge in [-0.25, -0.2) is 9.13 Å². The number of nitrogens with zero attached hydrogens (tertiary/aromatic N) is 2. The van der Waals surface area contributed by atoms with Gasteiger partial charge in [-0.05, 0) is 37.8 Å². The van der Waals surface area contributed by atoms with Gasteiger partial charge < -0.3 is 0 Å². The average Bonchev–Trinajstić information content (AvgIpc) is 2.53. The summed E-state index contributed by atoms with van der Waals surface area (Å²) in [4.78, 5) is 0. The van der Waals surface area contributed by atoms with Crippen LogP contribution in [0.5, 0.6) is 0 Å². The van der Waals surface area contributed by atoms with Crippen LogP contribution in [-0.4, -0.2) is 12.1 Å². The molecule has 1 saturated carbocycles. The summed E-state index contributed by atoms with van der Waals surface area (Å²) < 4.78 is 4.29. The molecule has 4 heteroatoms. The predicted octanol–water partition coefficient (Wildman–Crippen LogP) is 2.17. The molecule has 0 aliphatic heterocycles. The van der Waals surface area contributed by atoms with E-state index in [-0.39, 0.29) is 0 Å². The highest BCUT2D eigenvalue weighted by molar-refractivity contribution is 5.35. The van der Waals surface area contributed by atoms with Crippen molar-refractivity contribution in [3.8, 4) is 0 Å². The van der Waals surface area contributed by atoms with Crippen LogP contribution in [0.15, 0.2) is 48.8 Å². The fraction of sp³-hybridized carbons (Fsp3) is 0.444. The fourth-order valence-electron chi connectivity index (χ4n) is 3.20. The van der Waals surface area contributed by atoms with Gasteiger partial charge >= 0.3 is 0 Å². The third-order valence-electron chi connectivity index (χ3n) is 4.54. The van der Waals surface area contributed by atoms with E-state index in [1.807, 2.05) is 0 Å². The molecule has 0 saturated heterocycles. The maximum atomic E-state index is 3.73. The number of nitrogens with one attached hydrogen (secondary N) is 2. The molecule has 2 N–H and O–H groups in total. The van der Waals surface area contributed by atoms with Crippen molar-refractivity contribution in [2.45, 2.75) is 37.8 Å². The zero-order valence-electron chi connectivity index (χ0n) is 13.5. The first kappa shape index (κ1) is 14.8. The quantitative estimate of drug-likeness (QED) is 0.848. The lowest BCUT2D eigenvalue weighted by Gasteiger charge is -2.27. The molecular formula is C18H26N4+2. The summed E-state index contributed by atoms with van der Waals surface area (Å²) >= 11 is 0. The second-order valence-corrected chi connectivity index (χ2v) is 6.18. The van der Waals surface area contributed by atoms with Gasteiger partial charge in [0.25, 0.3) is 11.6 Å². The lowest BCUT2D eigenvalue weighted by molar-refractivity contribution is -0.657. The SMILES string of the molecule is C[n+]1ccccc1N[C@@H]1CCCC[C@H]1Nc1cccc[n+]1C. The first-order chi connectivity index (χ1) is 10.7. The van der Waals surface area contributed by atoms with Crippen molar-refractivity contribution in [3.05, 3.63) is 48.8 Å². The van der Waals surface area contributed by atoms with Gasteiger partial charge in [0.1, 0.15) is 12.1 Å². The number of aromatic nitrogens is 2. The highest BCUT2D eigenvalue weighted by Gasteiger charge is 2.32. The number of hydrogen-bond donors (Lipinski definition) is 2. The van der Waals surface area contributed by atoms with Gasteiger partial charge in [0.2, 0.25) is 0 Å². The van der Waals surface area contributed by atoms with Gasteiger partial charge in [-0.2, -0.15) is 0 Å². The molecule has 2 aromatic heterocycles. The van der Waals surface area contributed by atoms with Crippen molar-refractivity contribution in [3.63, 3.8) is 0 Å². The van der Waals surface area contributed by atoms with Crippen molar-refractivity contribution in [1.82, 2.24) is 0 Å². The molecule has 22 heavy (non-hydrogen) atoms. The Bertz CT molecular complexity index is 570. The first-order valence-electron chi connectivity index (χ1n) is 8.16. The Morgan fingerprint density at radius 2 is 1.23 bits per heavy atom. The van der Waals surface area contributed by atoms with E-state index in [9.17, 15) is 0 Å². The van der Waals surface area contributed by atoms with Crippen molar-refractivity contribution in [1.29, 1.82) is 0 Å². The molecule has 0 unspecified atom stereocenters. The molecule has 2 atom stereocenters. The predicted molar refractivity (Wildman–Crippen MR) is 88.5 cm³/mol. The highest BCUT2D eigenvalue weighted by Crippen LogP contribution is 2.23. The van der Waals surface area contributed by atoms with E-state index in [0.29, 0.717) is 12.1 Å². The van der Waals surface area contributed by atoms with Crippen LogP contribution in [0.1, 0.15) is 25.7 Å². The second kappa shape index (κ2) is 6.77.